The Morgan fingerprint density at radius 2 is 2.43 bits per heavy atom. The van der Waals surface area contributed by atoms with Gasteiger partial charge in [-0.2, -0.15) is 0 Å². The Bertz CT molecular complexity index is 262. The molecule has 0 fully saturated rings. The van der Waals surface area contributed by atoms with Crippen LogP contribution in [0.2, 0.25) is 0 Å². The number of aromatic nitrogens is 1. The number of hydrogen-bond donors (Lipinski definition) is 1. The summed E-state index contributed by atoms with van der Waals surface area (Å²) in [6, 6.07) is 0. The molecule has 0 aromatic carbocycles. The predicted octanol–water partition coefficient (Wildman–Crippen LogP) is 1.82. The highest BCUT2D eigenvalue weighted by atomic mass is 32.1. The Morgan fingerprint density at radius 1 is 1.64 bits per heavy atom. The molecule has 1 atom stereocenters. The van der Waals surface area contributed by atoms with Crippen LogP contribution in [-0.2, 0) is 11.3 Å². The molecule has 0 aliphatic rings. The fourth-order valence-corrected chi connectivity index (χ4v) is 2.01. The number of rotatable bonds is 6. The monoisotopic (exact) mass is 214 g/mol. The van der Waals surface area contributed by atoms with Gasteiger partial charge in [-0.3, -0.25) is 0 Å². The molecule has 3 nitrogen and oxygen atoms in total. The number of ether oxygens (including phenoxy) is 1. The van der Waals surface area contributed by atoms with Crippen LogP contribution in [0.15, 0.2) is 6.20 Å². The number of nitrogens with zero attached hydrogens (tertiary/aromatic N) is 1. The Kier molecular flexibility index (Phi) is 5.07. The number of methoxy groups -OCH3 is 1. The van der Waals surface area contributed by atoms with E-state index in [9.17, 15) is 0 Å². The Balaban J connectivity index is 2.15. The van der Waals surface area contributed by atoms with Crippen molar-refractivity contribution >= 4 is 11.3 Å². The van der Waals surface area contributed by atoms with Gasteiger partial charge in [0.2, 0.25) is 0 Å². The average molecular weight is 214 g/mol. The predicted molar refractivity (Wildman–Crippen MR) is 59.6 cm³/mol. The molecule has 1 heterocycles. The highest BCUT2D eigenvalue weighted by molar-refractivity contribution is 7.11. The molecule has 0 spiro atoms. The van der Waals surface area contributed by atoms with E-state index in [-0.39, 0.29) is 0 Å². The molecule has 0 amide bonds. The fraction of sp³-hybridized carbons (Fsp3) is 0.700. The van der Waals surface area contributed by atoms with Crippen molar-refractivity contribution in [3.8, 4) is 0 Å². The largest absolute Gasteiger partial charge is 0.384 e. The van der Waals surface area contributed by atoms with E-state index in [0.29, 0.717) is 5.92 Å². The van der Waals surface area contributed by atoms with Crippen LogP contribution in [0.5, 0.6) is 0 Å². The third kappa shape index (κ3) is 4.17. The summed E-state index contributed by atoms with van der Waals surface area (Å²) in [4.78, 5) is 5.55. The minimum Gasteiger partial charge on any atom is -0.384 e. The molecule has 0 aliphatic heterocycles. The van der Waals surface area contributed by atoms with Gasteiger partial charge in [0.05, 0.1) is 0 Å². The van der Waals surface area contributed by atoms with Gasteiger partial charge < -0.3 is 10.1 Å². The summed E-state index contributed by atoms with van der Waals surface area (Å²) in [5, 5.41) is 4.53. The van der Waals surface area contributed by atoms with Crippen LogP contribution in [-0.4, -0.2) is 25.2 Å². The molecule has 0 bridgehead atoms. The summed E-state index contributed by atoms with van der Waals surface area (Å²) in [7, 11) is 1.74. The lowest BCUT2D eigenvalue weighted by Gasteiger charge is -2.09. The molecule has 1 unspecified atom stereocenters. The molecule has 1 rings (SSSR count). The second-order valence-electron chi connectivity index (χ2n) is 3.56. The van der Waals surface area contributed by atoms with Gasteiger partial charge in [0.1, 0.15) is 5.01 Å². The van der Waals surface area contributed by atoms with Crippen LogP contribution < -0.4 is 5.32 Å². The average Bonchev–Trinajstić information content (AvgIpc) is 2.52. The van der Waals surface area contributed by atoms with Crippen LogP contribution in [0.25, 0.3) is 0 Å². The van der Waals surface area contributed by atoms with Crippen molar-refractivity contribution in [2.75, 3.05) is 20.3 Å². The Labute approximate surface area is 89.5 Å². The van der Waals surface area contributed by atoms with Crippen molar-refractivity contribution in [1.29, 1.82) is 0 Å². The van der Waals surface area contributed by atoms with E-state index >= 15 is 0 Å². The number of nitrogens with one attached hydrogen (secondary N) is 1. The quantitative estimate of drug-likeness (QED) is 0.784. The first-order valence-electron chi connectivity index (χ1n) is 4.83. The van der Waals surface area contributed by atoms with Crippen LogP contribution in [0, 0.1) is 12.8 Å². The van der Waals surface area contributed by atoms with Crippen molar-refractivity contribution in [3.63, 3.8) is 0 Å². The van der Waals surface area contributed by atoms with Crippen molar-refractivity contribution in [1.82, 2.24) is 10.3 Å². The van der Waals surface area contributed by atoms with Crippen LogP contribution in [0.1, 0.15) is 16.8 Å². The maximum Gasteiger partial charge on any atom is 0.107 e. The molecule has 0 saturated heterocycles. The lowest BCUT2D eigenvalue weighted by Crippen LogP contribution is -2.23. The van der Waals surface area contributed by atoms with E-state index in [1.807, 2.05) is 6.20 Å². The molecular weight excluding hydrogens is 196 g/mol. The fourth-order valence-electron chi connectivity index (χ4n) is 1.25. The summed E-state index contributed by atoms with van der Waals surface area (Å²) in [6.45, 7) is 6.90. The number of thiazole rings is 1. The van der Waals surface area contributed by atoms with E-state index in [1.54, 1.807) is 18.4 Å². The minimum atomic E-state index is 0.557. The van der Waals surface area contributed by atoms with Crippen molar-refractivity contribution < 1.29 is 4.74 Å². The number of hydrogen-bond acceptors (Lipinski definition) is 4. The van der Waals surface area contributed by atoms with Crippen LogP contribution in [0.3, 0.4) is 0 Å². The molecule has 0 saturated carbocycles. The zero-order valence-electron chi connectivity index (χ0n) is 9.04. The van der Waals surface area contributed by atoms with Gasteiger partial charge in [0.25, 0.3) is 0 Å². The second kappa shape index (κ2) is 6.11. The van der Waals surface area contributed by atoms with E-state index < -0.39 is 0 Å². The summed E-state index contributed by atoms with van der Waals surface area (Å²) < 4.78 is 5.06. The molecule has 1 aromatic rings. The molecule has 0 aliphatic carbocycles. The first-order chi connectivity index (χ1) is 6.72. The zero-order chi connectivity index (χ0) is 10.4. The summed E-state index contributed by atoms with van der Waals surface area (Å²) in [6.07, 6.45) is 1.92. The molecule has 1 N–H and O–H groups in total. The smallest absolute Gasteiger partial charge is 0.107 e. The summed E-state index contributed by atoms with van der Waals surface area (Å²) in [5.41, 5.74) is 0. The van der Waals surface area contributed by atoms with Crippen molar-refractivity contribution in [2.45, 2.75) is 20.4 Å². The van der Waals surface area contributed by atoms with E-state index in [4.69, 9.17) is 4.74 Å². The standard InChI is InChI=1S/C10H18N2OS/c1-8(7-13-3)4-11-6-10-12-5-9(2)14-10/h5,8,11H,4,6-7H2,1-3H3. The molecule has 1 aromatic heterocycles. The maximum atomic E-state index is 5.06. The lowest BCUT2D eigenvalue weighted by atomic mass is 10.2. The third-order valence-corrected chi connectivity index (χ3v) is 2.80. The molecule has 14 heavy (non-hydrogen) atoms. The third-order valence-electron chi connectivity index (χ3n) is 1.89. The molecule has 0 radical (unpaired) electrons. The van der Waals surface area contributed by atoms with Gasteiger partial charge in [-0.15, -0.1) is 11.3 Å². The maximum absolute atomic E-state index is 5.06. The molecule has 80 valence electrons. The van der Waals surface area contributed by atoms with Crippen LogP contribution in [0.4, 0.5) is 0 Å². The van der Waals surface area contributed by atoms with Gasteiger partial charge in [0.15, 0.2) is 0 Å². The van der Waals surface area contributed by atoms with E-state index in [0.717, 1.165) is 24.7 Å². The van der Waals surface area contributed by atoms with Crippen molar-refractivity contribution in [3.05, 3.63) is 16.1 Å². The van der Waals surface area contributed by atoms with Gasteiger partial charge >= 0.3 is 0 Å². The highest BCUT2D eigenvalue weighted by Crippen LogP contribution is 2.10. The molecule has 4 heteroatoms. The Hall–Kier alpha value is -0.450. The first-order valence-corrected chi connectivity index (χ1v) is 5.65. The van der Waals surface area contributed by atoms with E-state index in [2.05, 4.69) is 24.1 Å². The highest BCUT2D eigenvalue weighted by Gasteiger charge is 2.02. The van der Waals surface area contributed by atoms with Gasteiger partial charge in [-0.25, -0.2) is 4.98 Å². The summed E-state index contributed by atoms with van der Waals surface area (Å²) >= 11 is 1.75. The first kappa shape index (κ1) is 11.6. The zero-order valence-corrected chi connectivity index (χ0v) is 9.86. The Morgan fingerprint density at radius 3 is 3.00 bits per heavy atom. The van der Waals surface area contributed by atoms with Gasteiger partial charge in [-0.1, -0.05) is 6.92 Å². The van der Waals surface area contributed by atoms with Crippen molar-refractivity contribution in [2.24, 2.45) is 5.92 Å². The number of aryl methyl sites for hydroxylation is 1. The molecular formula is C10H18N2OS. The summed E-state index contributed by atoms with van der Waals surface area (Å²) in [5.74, 6) is 0.557. The topological polar surface area (TPSA) is 34.1 Å². The SMILES string of the molecule is COCC(C)CNCc1ncc(C)s1. The van der Waals surface area contributed by atoms with Gasteiger partial charge in [0, 0.05) is 37.9 Å². The van der Waals surface area contributed by atoms with E-state index in [1.165, 1.54) is 4.88 Å². The lowest BCUT2D eigenvalue weighted by molar-refractivity contribution is 0.158. The second-order valence-corrected chi connectivity index (χ2v) is 4.88. The normalized spacial score (nSPS) is 13.1. The van der Waals surface area contributed by atoms with Gasteiger partial charge in [-0.05, 0) is 12.8 Å². The van der Waals surface area contributed by atoms with Crippen LogP contribution >= 0.6 is 11.3 Å². The minimum absolute atomic E-state index is 0.557.